The van der Waals surface area contributed by atoms with Gasteiger partial charge in [0.05, 0.1) is 11.3 Å². The van der Waals surface area contributed by atoms with Crippen LogP contribution in [0.5, 0.6) is 6.01 Å². The summed E-state index contributed by atoms with van der Waals surface area (Å²) in [6, 6.07) is 7.20. The summed E-state index contributed by atoms with van der Waals surface area (Å²) >= 11 is 0. The van der Waals surface area contributed by atoms with E-state index < -0.39 is 11.7 Å². The standard InChI is InChI=1S/C26H25F3N10O/c27-26(28,29)17-11-19(13-20(12-17)39-16-30-15-32-39)34-24-35-23(33-18-7-9-38-10-8-31-22(38)14-18)36-25(37-24)40-21-5-3-1-2-4-6-21/h7-16,21H,1-6H2,(H2,33,34,35,36,37). The van der Waals surface area contributed by atoms with Crippen molar-refractivity contribution in [1.29, 1.82) is 0 Å². The number of rotatable bonds is 7. The van der Waals surface area contributed by atoms with Crippen molar-refractivity contribution in [3.8, 4) is 11.7 Å². The van der Waals surface area contributed by atoms with E-state index in [0.29, 0.717) is 5.69 Å². The monoisotopic (exact) mass is 550 g/mol. The maximum absolute atomic E-state index is 13.7. The van der Waals surface area contributed by atoms with Gasteiger partial charge in [-0.2, -0.15) is 33.2 Å². The second-order valence-corrected chi connectivity index (χ2v) is 9.46. The van der Waals surface area contributed by atoms with Crippen LogP contribution in [0.25, 0.3) is 11.3 Å². The van der Waals surface area contributed by atoms with Gasteiger partial charge in [-0.05, 0) is 49.9 Å². The number of fused-ring (bicyclic) bond motifs is 1. The predicted molar refractivity (Wildman–Crippen MR) is 140 cm³/mol. The summed E-state index contributed by atoms with van der Waals surface area (Å²) in [4.78, 5) is 21.4. The number of nitrogens with one attached hydrogen (secondary N) is 2. The number of anilines is 4. The van der Waals surface area contributed by atoms with Gasteiger partial charge >= 0.3 is 12.2 Å². The molecule has 1 fully saturated rings. The maximum Gasteiger partial charge on any atom is 0.416 e. The summed E-state index contributed by atoms with van der Waals surface area (Å²) in [6.45, 7) is 0. The van der Waals surface area contributed by atoms with Crippen molar-refractivity contribution >= 4 is 28.9 Å². The molecule has 5 aromatic rings. The van der Waals surface area contributed by atoms with E-state index in [0.717, 1.165) is 56.3 Å². The normalized spacial score (nSPS) is 14.7. The summed E-state index contributed by atoms with van der Waals surface area (Å²) in [5.74, 6) is 0.187. The molecule has 1 aliphatic carbocycles. The van der Waals surface area contributed by atoms with E-state index >= 15 is 0 Å². The van der Waals surface area contributed by atoms with Gasteiger partial charge in [0.15, 0.2) is 0 Å². The first-order chi connectivity index (χ1) is 19.4. The Morgan fingerprint density at radius 1 is 0.875 bits per heavy atom. The number of benzene rings is 1. The van der Waals surface area contributed by atoms with E-state index in [-0.39, 0.29) is 35.4 Å². The van der Waals surface area contributed by atoms with Crippen LogP contribution in [0.1, 0.15) is 44.1 Å². The molecule has 1 aliphatic rings. The number of halogens is 3. The molecule has 0 saturated heterocycles. The van der Waals surface area contributed by atoms with Crippen LogP contribution in [-0.2, 0) is 6.18 Å². The van der Waals surface area contributed by atoms with Crippen molar-refractivity contribution in [1.82, 2.24) is 39.1 Å². The number of aromatic nitrogens is 8. The van der Waals surface area contributed by atoms with Gasteiger partial charge in [0.25, 0.3) is 0 Å². The lowest BCUT2D eigenvalue weighted by molar-refractivity contribution is -0.137. The fourth-order valence-electron chi connectivity index (χ4n) is 4.60. The average Bonchev–Trinajstić information content (AvgIpc) is 3.56. The fraction of sp³-hybridized carbons (Fsp3) is 0.308. The predicted octanol–water partition coefficient (Wildman–Crippen LogP) is 5.71. The number of imidazole rings is 1. The highest BCUT2D eigenvalue weighted by Crippen LogP contribution is 2.34. The van der Waals surface area contributed by atoms with Crippen LogP contribution in [-0.4, -0.2) is 45.2 Å². The van der Waals surface area contributed by atoms with Gasteiger partial charge in [0.1, 0.15) is 24.4 Å². The highest BCUT2D eigenvalue weighted by molar-refractivity contribution is 5.63. The third-order valence-electron chi connectivity index (χ3n) is 6.53. The van der Waals surface area contributed by atoms with Crippen molar-refractivity contribution < 1.29 is 17.9 Å². The van der Waals surface area contributed by atoms with E-state index in [9.17, 15) is 13.2 Å². The van der Waals surface area contributed by atoms with Gasteiger partial charge < -0.3 is 19.8 Å². The first-order valence-electron chi connectivity index (χ1n) is 12.9. The number of hydrogen-bond acceptors (Lipinski definition) is 9. The Morgan fingerprint density at radius 2 is 1.65 bits per heavy atom. The molecule has 0 spiro atoms. The Bertz CT molecular complexity index is 1590. The fourth-order valence-corrected chi connectivity index (χ4v) is 4.60. The molecule has 14 heteroatoms. The Kier molecular flexibility index (Phi) is 6.88. The van der Waals surface area contributed by atoms with E-state index in [2.05, 4.69) is 40.7 Å². The average molecular weight is 551 g/mol. The van der Waals surface area contributed by atoms with Crippen LogP contribution >= 0.6 is 0 Å². The molecular formula is C26H25F3N10O. The van der Waals surface area contributed by atoms with Crippen molar-refractivity contribution in [2.45, 2.75) is 50.8 Å². The Balaban J connectivity index is 1.34. The SMILES string of the molecule is FC(F)(F)c1cc(Nc2nc(Nc3ccn4ccnc4c3)nc(OC3CCCCCC3)n2)cc(-n2cncn2)c1. The molecule has 0 unspecified atom stereocenters. The molecule has 0 atom stereocenters. The number of ether oxygens (including phenoxy) is 1. The minimum Gasteiger partial charge on any atom is -0.460 e. The van der Waals surface area contributed by atoms with Crippen LogP contribution < -0.4 is 15.4 Å². The molecule has 0 bridgehead atoms. The van der Waals surface area contributed by atoms with E-state index in [4.69, 9.17) is 4.74 Å². The maximum atomic E-state index is 13.7. The third kappa shape index (κ3) is 5.95. The Labute approximate surface area is 226 Å². The Hall–Kier alpha value is -4.75. The van der Waals surface area contributed by atoms with Gasteiger partial charge in [0, 0.05) is 36.0 Å². The highest BCUT2D eigenvalue weighted by Gasteiger charge is 2.31. The third-order valence-corrected chi connectivity index (χ3v) is 6.53. The first kappa shape index (κ1) is 25.5. The van der Waals surface area contributed by atoms with E-state index in [1.165, 1.54) is 23.4 Å². The second-order valence-electron chi connectivity index (χ2n) is 9.46. The van der Waals surface area contributed by atoms with Gasteiger partial charge in [0.2, 0.25) is 11.9 Å². The topological polar surface area (TPSA) is 120 Å². The lowest BCUT2D eigenvalue weighted by Crippen LogP contribution is -2.18. The zero-order chi connectivity index (χ0) is 27.5. The smallest absolute Gasteiger partial charge is 0.416 e. The van der Waals surface area contributed by atoms with Crippen LogP contribution in [0.3, 0.4) is 0 Å². The van der Waals surface area contributed by atoms with Crippen molar-refractivity contribution in [2.75, 3.05) is 10.6 Å². The molecule has 0 radical (unpaired) electrons. The molecule has 1 aromatic carbocycles. The quantitative estimate of drug-likeness (QED) is 0.246. The number of pyridine rings is 1. The number of nitrogens with zero attached hydrogens (tertiary/aromatic N) is 8. The zero-order valence-corrected chi connectivity index (χ0v) is 21.2. The first-order valence-corrected chi connectivity index (χ1v) is 12.9. The van der Waals surface area contributed by atoms with E-state index in [1.807, 2.05) is 28.9 Å². The number of hydrogen-bond donors (Lipinski definition) is 2. The molecule has 6 rings (SSSR count). The van der Waals surface area contributed by atoms with Crippen LogP contribution in [0.2, 0.25) is 0 Å². The Morgan fingerprint density at radius 3 is 2.38 bits per heavy atom. The summed E-state index contributed by atoms with van der Waals surface area (Å²) in [6.07, 6.45) is 9.42. The summed E-state index contributed by atoms with van der Waals surface area (Å²) in [7, 11) is 0. The molecule has 0 aliphatic heterocycles. The number of alkyl halides is 3. The summed E-state index contributed by atoms with van der Waals surface area (Å²) in [5.41, 5.74) is 0.806. The molecule has 4 heterocycles. The zero-order valence-electron chi connectivity index (χ0n) is 21.2. The molecular weight excluding hydrogens is 525 g/mol. The minimum absolute atomic E-state index is 0.0203. The summed E-state index contributed by atoms with van der Waals surface area (Å²) in [5, 5.41) is 9.99. The molecule has 0 amide bonds. The highest BCUT2D eigenvalue weighted by atomic mass is 19.4. The summed E-state index contributed by atoms with van der Waals surface area (Å²) < 4.78 is 50.4. The van der Waals surface area contributed by atoms with Crippen molar-refractivity contribution in [2.24, 2.45) is 0 Å². The minimum atomic E-state index is -4.59. The molecule has 1 saturated carbocycles. The molecule has 40 heavy (non-hydrogen) atoms. The van der Waals surface area contributed by atoms with Gasteiger partial charge in [-0.15, -0.1) is 0 Å². The van der Waals surface area contributed by atoms with Gasteiger partial charge in [-0.25, -0.2) is 14.6 Å². The molecule has 2 N–H and O–H groups in total. The van der Waals surface area contributed by atoms with Crippen LogP contribution in [0.4, 0.5) is 36.4 Å². The van der Waals surface area contributed by atoms with E-state index in [1.54, 1.807) is 6.20 Å². The lowest BCUT2D eigenvalue weighted by atomic mass is 10.1. The van der Waals surface area contributed by atoms with Crippen molar-refractivity contribution in [3.63, 3.8) is 0 Å². The molecule has 11 nitrogen and oxygen atoms in total. The van der Waals surface area contributed by atoms with Crippen molar-refractivity contribution in [3.05, 3.63) is 67.1 Å². The largest absolute Gasteiger partial charge is 0.460 e. The second kappa shape index (κ2) is 10.8. The molecule has 206 valence electrons. The van der Waals surface area contributed by atoms with Gasteiger partial charge in [-0.1, -0.05) is 12.8 Å². The van der Waals surface area contributed by atoms with Gasteiger partial charge in [-0.3, -0.25) is 0 Å². The lowest BCUT2D eigenvalue weighted by Gasteiger charge is -2.17. The van der Waals surface area contributed by atoms with Crippen LogP contribution in [0.15, 0.2) is 61.6 Å². The van der Waals surface area contributed by atoms with Crippen LogP contribution in [0, 0.1) is 0 Å². The molecule has 4 aromatic heterocycles.